The van der Waals surface area contributed by atoms with Crippen molar-refractivity contribution in [3.63, 3.8) is 0 Å². The SMILES string of the molecule is Cc1nnc(NC(C)c2cccc(C(F)F)c2F)c2cc(N3CC4(CCOC4)C3)cnc12. The minimum atomic E-state index is -2.88. The van der Waals surface area contributed by atoms with Gasteiger partial charge in [0.15, 0.2) is 5.82 Å². The summed E-state index contributed by atoms with van der Waals surface area (Å²) in [5, 5.41) is 12.3. The number of fused-ring (bicyclic) bond motifs is 1. The topological polar surface area (TPSA) is 63.2 Å². The molecule has 5 rings (SSSR count). The van der Waals surface area contributed by atoms with Gasteiger partial charge in [0.25, 0.3) is 6.43 Å². The van der Waals surface area contributed by atoms with Crippen LogP contribution in [0.25, 0.3) is 10.9 Å². The molecule has 3 aromatic rings. The van der Waals surface area contributed by atoms with Crippen molar-refractivity contribution in [1.29, 1.82) is 0 Å². The molecule has 4 heterocycles. The smallest absolute Gasteiger partial charge is 0.266 e. The van der Waals surface area contributed by atoms with Gasteiger partial charge in [-0.1, -0.05) is 18.2 Å². The van der Waals surface area contributed by atoms with Crippen molar-refractivity contribution in [2.45, 2.75) is 32.7 Å². The second-order valence-electron chi connectivity index (χ2n) is 8.80. The van der Waals surface area contributed by atoms with Crippen molar-refractivity contribution >= 4 is 22.4 Å². The zero-order valence-electron chi connectivity index (χ0n) is 17.9. The third-order valence-corrected chi connectivity index (χ3v) is 6.49. The molecule has 0 radical (unpaired) electrons. The number of alkyl halides is 2. The maximum absolute atomic E-state index is 14.6. The lowest BCUT2D eigenvalue weighted by Crippen LogP contribution is -2.57. The number of benzene rings is 1. The predicted molar refractivity (Wildman–Crippen MR) is 116 cm³/mol. The van der Waals surface area contributed by atoms with Gasteiger partial charge in [0, 0.05) is 36.1 Å². The van der Waals surface area contributed by atoms with Crippen molar-refractivity contribution in [2.24, 2.45) is 5.41 Å². The molecule has 2 fully saturated rings. The van der Waals surface area contributed by atoms with Gasteiger partial charge in [0.1, 0.15) is 5.82 Å². The molecule has 1 aromatic carbocycles. The molecular weight excluding hydrogens is 419 g/mol. The van der Waals surface area contributed by atoms with Crippen LogP contribution in [0.3, 0.4) is 0 Å². The molecule has 0 amide bonds. The lowest BCUT2D eigenvalue weighted by atomic mass is 9.79. The number of anilines is 2. The first-order chi connectivity index (χ1) is 15.4. The first kappa shape index (κ1) is 20.9. The number of hydrogen-bond acceptors (Lipinski definition) is 6. The lowest BCUT2D eigenvalue weighted by molar-refractivity contribution is 0.131. The fourth-order valence-corrected chi connectivity index (χ4v) is 4.63. The summed E-state index contributed by atoms with van der Waals surface area (Å²) in [6.45, 7) is 6.98. The molecule has 2 saturated heterocycles. The van der Waals surface area contributed by atoms with E-state index in [-0.39, 0.29) is 11.0 Å². The monoisotopic (exact) mass is 443 g/mol. The van der Waals surface area contributed by atoms with E-state index in [1.165, 1.54) is 12.1 Å². The second kappa shape index (κ2) is 7.88. The van der Waals surface area contributed by atoms with Gasteiger partial charge in [-0.25, -0.2) is 13.2 Å². The van der Waals surface area contributed by atoms with Crippen molar-refractivity contribution < 1.29 is 17.9 Å². The Labute approximate surface area is 183 Å². The highest BCUT2D eigenvalue weighted by Gasteiger charge is 2.46. The number of nitrogens with one attached hydrogen (secondary N) is 1. The third-order valence-electron chi connectivity index (χ3n) is 6.49. The molecule has 2 aliphatic heterocycles. The third kappa shape index (κ3) is 3.54. The summed E-state index contributed by atoms with van der Waals surface area (Å²) in [5.41, 5.74) is 2.13. The van der Waals surface area contributed by atoms with Crippen LogP contribution in [-0.2, 0) is 4.74 Å². The Hall–Kier alpha value is -2.94. The van der Waals surface area contributed by atoms with Gasteiger partial charge in [-0.15, -0.1) is 5.10 Å². The van der Waals surface area contributed by atoms with E-state index in [0.717, 1.165) is 49.9 Å². The molecule has 168 valence electrons. The van der Waals surface area contributed by atoms with Crippen LogP contribution >= 0.6 is 0 Å². The normalized spacial score (nSPS) is 18.4. The van der Waals surface area contributed by atoms with Crippen molar-refractivity contribution in [2.75, 3.05) is 36.5 Å². The summed E-state index contributed by atoms with van der Waals surface area (Å²) >= 11 is 0. The highest BCUT2D eigenvalue weighted by Crippen LogP contribution is 2.41. The number of aromatic nitrogens is 3. The largest absolute Gasteiger partial charge is 0.381 e. The molecular formula is C23H24F3N5O. The molecule has 2 aliphatic rings. The van der Waals surface area contributed by atoms with E-state index < -0.39 is 23.8 Å². The Bertz CT molecular complexity index is 1160. The van der Waals surface area contributed by atoms with Crippen LogP contribution in [0.15, 0.2) is 30.5 Å². The molecule has 9 heteroatoms. The van der Waals surface area contributed by atoms with E-state index >= 15 is 0 Å². The van der Waals surface area contributed by atoms with E-state index in [1.807, 2.05) is 19.2 Å². The quantitative estimate of drug-likeness (QED) is 0.611. The van der Waals surface area contributed by atoms with E-state index in [2.05, 4.69) is 25.4 Å². The van der Waals surface area contributed by atoms with E-state index in [9.17, 15) is 13.2 Å². The molecule has 1 spiro atoms. The summed E-state index contributed by atoms with van der Waals surface area (Å²) in [6, 6.07) is 5.44. The van der Waals surface area contributed by atoms with Crippen molar-refractivity contribution in [3.05, 3.63) is 53.1 Å². The Morgan fingerprint density at radius 2 is 1.97 bits per heavy atom. The number of rotatable bonds is 5. The molecule has 1 atom stereocenters. The summed E-state index contributed by atoms with van der Waals surface area (Å²) in [4.78, 5) is 6.87. The van der Waals surface area contributed by atoms with Gasteiger partial charge in [-0.05, 0) is 26.3 Å². The Morgan fingerprint density at radius 1 is 1.19 bits per heavy atom. The van der Waals surface area contributed by atoms with Crippen LogP contribution in [0.5, 0.6) is 0 Å². The number of ether oxygens (including phenoxy) is 1. The van der Waals surface area contributed by atoms with Crippen molar-refractivity contribution in [1.82, 2.24) is 15.2 Å². The highest BCUT2D eigenvalue weighted by molar-refractivity contribution is 5.92. The first-order valence-electron chi connectivity index (χ1n) is 10.7. The molecule has 6 nitrogen and oxygen atoms in total. The Kier molecular flexibility index (Phi) is 5.16. The summed E-state index contributed by atoms with van der Waals surface area (Å²) < 4.78 is 46.4. The summed E-state index contributed by atoms with van der Waals surface area (Å²) in [5.74, 6) is -0.468. The maximum Gasteiger partial charge on any atom is 0.266 e. The highest BCUT2D eigenvalue weighted by atomic mass is 19.3. The van der Waals surface area contributed by atoms with Crippen LogP contribution in [-0.4, -0.2) is 41.5 Å². The molecule has 32 heavy (non-hydrogen) atoms. The van der Waals surface area contributed by atoms with Crippen molar-refractivity contribution in [3.8, 4) is 0 Å². The van der Waals surface area contributed by atoms with Gasteiger partial charge in [0.2, 0.25) is 0 Å². The standard InChI is InChI=1S/C23H24F3N5O/c1-13(16-4-3-5-17(19(16)24)21(25)26)28-22-18-8-15(9-27-20(18)14(2)29-30-22)31-10-23(11-31)6-7-32-12-23/h3-5,8-9,13,21H,6-7,10-12H2,1-2H3,(H,28,30). The van der Waals surface area contributed by atoms with Crippen LogP contribution in [0.1, 0.15) is 42.6 Å². The fraction of sp³-hybridized carbons (Fsp3) is 0.435. The maximum atomic E-state index is 14.6. The lowest BCUT2D eigenvalue weighted by Gasteiger charge is -2.48. The van der Waals surface area contributed by atoms with Crippen LogP contribution < -0.4 is 10.2 Å². The van der Waals surface area contributed by atoms with Crippen LogP contribution in [0.2, 0.25) is 0 Å². The van der Waals surface area contributed by atoms with Gasteiger partial charge < -0.3 is 15.0 Å². The number of pyridine rings is 1. The van der Waals surface area contributed by atoms with Crippen LogP contribution in [0, 0.1) is 18.2 Å². The van der Waals surface area contributed by atoms with Gasteiger partial charge in [0.05, 0.1) is 41.3 Å². The predicted octanol–water partition coefficient (Wildman–Crippen LogP) is 4.81. The van der Waals surface area contributed by atoms with E-state index in [4.69, 9.17) is 4.74 Å². The number of hydrogen-bond donors (Lipinski definition) is 1. The number of nitrogens with zero attached hydrogens (tertiary/aromatic N) is 4. The molecule has 0 bridgehead atoms. The number of aryl methyl sites for hydroxylation is 1. The Morgan fingerprint density at radius 3 is 2.69 bits per heavy atom. The van der Waals surface area contributed by atoms with Gasteiger partial charge in [-0.3, -0.25) is 4.98 Å². The van der Waals surface area contributed by atoms with Gasteiger partial charge >= 0.3 is 0 Å². The Balaban J connectivity index is 1.45. The molecule has 0 aliphatic carbocycles. The zero-order valence-corrected chi connectivity index (χ0v) is 17.9. The minimum Gasteiger partial charge on any atom is -0.381 e. The average Bonchev–Trinajstić information content (AvgIpc) is 3.25. The van der Waals surface area contributed by atoms with Gasteiger partial charge in [-0.2, -0.15) is 5.10 Å². The minimum absolute atomic E-state index is 0.147. The van der Waals surface area contributed by atoms with E-state index in [0.29, 0.717) is 17.0 Å². The van der Waals surface area contributed by atoms with E-state index in [1.54, 1.807) is 6.92 Å². The fourth-order valence-electron chi connectivity index (χ4n) is 4.63. The molecule has 0 saturated carbocycles. The molecule has 1 N–H and O–H groups in total. The molecule has 2 aromatic heterocycles. The zero-order chi connectivity index (χ0) is 22.5. The summed E-state index contributed by atoms with van der Waals surface area (Å²) in [7, 11) is 0. The summed E-state index contributed by atoms with van der Waals surface area (Å²) in [6.07, 6.45) is 0.0282. The first-order valence-corrected chi connectivity index (χ1v) is 10.7. The van der Waals surface area contributed by atoms with Crippen LogP contribution in [0.4, 0.5) is 24.7 Å². The average molecular weight is 443 g/mol. The number of halogens is 3. The molecule has 1 unspecified atom stereocenters. The second-order valence-corrected chi connectivity index (χ2v) is 8.80.